The maximum absolute atomic E-state index is 11.8. The van der Waals surface area contributed by atoms with Gasteiger partial charge in [0.05, 0.1) is 6.04 Å². The van der Waals surface area contributed by atoms with Crippen LogP contribution in [0, 0.1) is 0 Å². The monoisotopic (exact) mass is 249 g/mol. The second-order valence-electron chi connectivity index (χ2n) is 3.92. The summed E-state index contributed by atoms with van der Waals surface area (Å²) in [6.45, 7) is 4.69. The lowest BCUT2D eigenvalue weighted by molar-refractivity contribution is 0.0928. The fraction of sp³-hybridized carbons (Fsp3) is 0.455. The highest BCUT2D eigenvalue weighted by molar-refractivity contribution is 5.92. The average Bonchev–Trinajstić information content (AvgIpc) is 3.00. The maximum atomic E-state index is 11.8. The average molecular weight is 249 g/mol. The zero-order valence-electron chi connectivity index (χ0n) is 10.3. The van der Waals surface area contributed by atoms with Crippen molar-refractivity contribution in [1.82, 2.24) is 25.2 Å². The number of rotatable bonds is 5. The number of amides is 1. The molecule has 7 nitrogen and oxygen atoms in total. The molecule has 2 aromatic heterocycles. The van der Waals surface area contributed by atoms with E-state index in [0.29, 0.717) is 0 Å². The Balaban J connectivity index is 2.05. The highest BCUT2D eigenvalue weighted by atomic mass is 16.5. The Kier molecular flexibility index (Phi) is 3.71. The molecule has 1 N–H and O–H groups in total. The van der Waals surface area contributed by atoms with E-state index in [2.05, 4.69) is 32.0 Å². The van der Waals surface area contributed by atoms with E-state index >= 15 is 0 Å². The maximum Gasteiger partial charge on any atom is 0.274 e. The predicted octanol–water partition coefficient (Wildman–Crippen LogP) is 1.17. The molecule has 0 spiro atoms. The van der Waals surface area contributed by atoms with Crippen LogP contribution >= 0.6 is 0 Å². The fourth-order valence-corrected chi connectivity index (χ4v) is 1.66. The Morgan fingerprint density at radius 3 is 3.11 bits per heavy atom. The molecule has 0 bridgehead atoms. The number of aryl methyl sites for hydroxylation is 1. The summed E-state index contributed by atoms with van der Waals surface area (Å²) in [5.41, 5.74) is 0.253. The van der Waals surface area contributed by atoms with Crippen LogP contribution in [0.2, 0.25) is 0 Å². The standard InChI is InChI=1S/C11H15N5O2/c1-3-5-16-10(12-7-13-16)8(2)14-11(17)9-4-6-18-15-9/h4,6-8H,3,5H2,1-2H3,(H,14,17)/t8-/m0/s1. The fourth-order valence-electron chi connectivity index (χ4n) is 1.66. The van der Waals surface area contributed by atoms with E-state index in [9.17, 15) is 4.79 Å². The second-order valence-corrected chi connectivity index (χ2v) is 3.92. The van der Waals surface area contributed by atoms with Gasteiger partial charge < -0.3 is 9.84 Å². The van der Waals surface area contributed by atoms with Gasteiger partial charge in [-0.05, 0) is 13.3 Å². The molecule has 18 heavy (non-hydrogen) atoms. The lowest BCUT2D eigenvalue weighted by Gasteiger charge is -2.13. The molecule has 0 fully saturated rings. The van der Waals surface area contributed by atoms with E-state index < -0.39 is 0 Å². The molecule has 0 aromatic carbocycles. The van der Waals surface area contributed by atoms with Gasteiger partial charge in [-0.1, -0.05) is 12.1 Å². The minimum Gasteiger partial charge on any atom is -0.364 e. The topological polar surface area (TPSA) is 85.8 Å². The lowest BCUT2D eigenvalue weighted by atomic mass is 10.3. The first kappa shape index (κ1) is 12.3. The molecule has 0 aliphatic heterocycles. The predicted molar refractivity (Wildman–Crippen MR) is 62.7 cm³/mol. The van der Waals surface area contributed by atoms with Gasteiger partial charge in [0.2, 0.25) is 0 Å². The van der Waals surface area contributed by atoms with Crippen LogP contribution in [0.4, 0.5) is 0 Å². The van der Waals surface area contributed by atoms with Crippen molar-refractivity contribution < 1.29 is 9.32 Å². The third kappa shape index (κ3) is 2.55. The van der Waals surface area contributed by atoms with Crippen molar-refractivity contribution in [2.45, 2.75) is 32.9 Å². The zero-order chi connectivity index (χ0) is 13.0. The quantitative estimate of drug-likeness (QED) is 0.859. The molecule has 0 saturated carbocycles. The molecule has 2 heterocycles. The first-order chi connectivity index (χ1) is 8.72. The Bertz CT molecular complexity index is 505. The van der Waals surface area contributed by atoms with Crippen molar-refractivity contribution in [3.63, 3.8) is 0 Å². The van der Waals surface area contributed by atoms with Crippen LogP contribution in [0.25, 0.3) is 0 Å². The summed E-state index contributed by atoms with van der Waals surface area (Å²) in [6, 6.07) is 1.28. The van der Waals surface area contributed by atoms with Crippen LogP contribution < -0.4 is 5.32 Å². The molecule has 96 valence electrons. The van der Waals surface area contributed by atoms with Crippen LogP contribution in [0.5, 0.6) is 0 Å². The van der Waals surface area contributed by atoms with Gasteiger partial charge >= 0.3 is 0 Å². The molecule has 0 aliphatic rings. The van der Waals surface area contributed by atoms with Gasteiger partial charge in [-0.2, -0.15) is 5.10 Å². The number of aromatic nitrogens is 4. The number of nitrogens with zero attached hydrogens (tertiary/aromatic N) is 4. The van der Waals surface area contributed by atoms with Gasteiger partial charge in [0.15, 0.2) is 5.69 Å². The normalized spacial score (nSPS) is 12.3. The van der Waals surface area contributed by atoms with E-state index in [4.69, 9.17) is 0 Å². The number of hydrogen-bond donors (Lipinski definition) is 1. The lowest BCUT2D eigenvalue weighted by Crippen LogP contribution is -2.29. The Hall–Kier alpha value is -2.18. The van der Waals surface area contributed by atoms with Crippen LogP contribution in [-0.2, 0) is 6.54 Å². The molecule has 1 atom stereocenters. The summed E-state index contributed by atoms with van der Waals surface area (Å²) in [7, 11) is 0. The molecule has 0 radical (unpaired) electrons. The zero-order valence-corrected chi connectivity index (χ0v) is 10.3. The Morgan fingerprint density at radius 2 is 2.44 bits per heavy atom. The summed E-state index contributed by atoms with van der Waals surface area (Å²) in [6.07, 6.45) is 3.81. The van der Waals surface area contributed by atoms with E-state index in [0.717, 1.165) is 18.8 Å². The van der Waals surface area contributed by atoms with Crippen molar-refractivity contribution in [2.24, 2.45) is 0 Å². The van der Waals surface area contributed by atoms with Gasteiger partial charge in [-0.3, -0.25) is 4.79 Å². The summed E-state index contributed by atoms with van der Waals surface area (Å²) in [5.74, 6) is 0.441. The molecule has 2 aromatic rings. The minimum absolute atomic E-state index is 0.233. The van der Waals surface area contributed by atoms with E-state index in [1.807, 2.05) is 6.92 Å². The van der Waals surface area contributed by atoms with Crippen LogP contribution in [-0.4, -0.2) is 25.8 Å². The summed E-state index contributed by atoms with van der Waals surface area (Å²) >= 11 is 0. The van der Waals surface area contributed by atoms with Crippen molar-refractivity contribution in [3.8, 4) is 0 Å². The molecular weight excluding hydrogens is 234 g/mol. The molecule has 0 unspecified atom stereocenters. The van der Waals surface area contributed by atoms with Crippen molar-refractivity contribution >= 4 is 5.91 Å². The summed E-state index contributed by atoms with van der Waals surface area (Å²) in [4.78, 5) is 16.0. The third-order valence-corrected chi connectivity index (χ3v) is 2.49. The largest absolute Gasteiger partial charge is 0.364 e. The third-order valence-electron chi connectivity index (χ3n) is 2.49. The Morgan fingerprint density at radius 1 is 1.61 bits per heavy atom. The second kappa shape index (κ2) is 5.44. The van der Waals surface area contributed by atoms with Crippen LogP contribution in [0.15, 0.2) is 23.2 Å². The van der Waals surface area contributed by atoms with Gasteiger partial charge in [-0.15, -0.1) is 0 Å². The summed E-state index contributed by atoms with van der Waals surface area (Å²) < 4.78 is 6.41. The SMILES string of the molecule is CCCn1ncnc1[C@H](C)NC(=O)c1ccon1. The van der Waals surface area contributed by atoms with Crippen molar-refractivity contribution in [2.75, 3.05) is 0 Å². The van der Waals surface area contributed by atoms with Crippen molar-refractivity contribution in [3.05, 3.63) is 30.2 Å². The van der Waals surface area contributed by atoms with Gasteiger partial charge in [0.1, 0.15) is 18.4 Å². The van der Waals surface area contributed by atoms with Gasteiger partial charge in [0.25, 0.3) is 5.91 Å². The van der Waals surface area contributed by atoms with Crippen LogP contribution in [0.1, 0.15) is 42.6 Å². The number of carbonyl (C=O) groups is 1. The highest BCUT2D eigenvalue weighted by Gasteiger charge is 2.17. The molecule has 0 saturated heterocycles. The Labute approximate surface area is 104 Å². The molecular formula is C11H15N5O2. The first-order valence-corrected chi connectivity index (χ1v) is 5.81. The summed E-state index contributed by atoms with van der Waals surface area (Å²) in [5, 5.41) is 10.5. The number of carbonyl (C=O) groups excluding carboxylic acids is 1. The van der Waals surface area contributed by atoms with Gasteiger partial charge in [-0.25, -0.2) is 9.67 Å². The molecule has 0 aliphatic carbocycles. The van der Waals surface area contributed by atoms with E-state index in [1.54, 1.807) is 4.68 Å². The minimum atomic E-state index is -0.290. The van der Waals surface area contributed by atoms with Crippen LogP contribution in [0.3, 0.4) is 0 Å². The van der Waals surface area contributed by atoms with Crippen molar-refractivity contribution in [1.29, 1.82) is 0 Å². The van der Waals surface area contributed by atoms with E-state index in [1.165, 1.54) is 18.7 Å². The molecule has 1 amide bonds. The molecule has 2 rings (SSSR count). The smallest absolute Gasteiger partial charge is 0.274 e. The van der Waals surface area contributed by atoms with Gasteiger partial charge in [0, 0.05) is 12.6 Å². The number of nitrogens with one attached hydrogen (secondary N) is 1. The van der Waals surface area contributed by atoms with E-state index in [-0.39, 0.29) is 17.6 Å². The highest BCUT2D eigenvalue weighted by Crippen LogP contribution is 2.10. The first-order valence-electron chi connectivity index (χ1n) is 5.81. The molecule has 7 heteroatoms. The number of hydrogen-bond acceptors (Lipinski definition) is 5.